The molecule has 0 bridgehead atoms. The second kappa shape index (κ2) is 11.7. The fraction of sp³-hybridized carbons (Fsp3) is 0.444. The predicted molar refractivity (Wildman–Crippen MR) is 132 cm³/mol. The Hall–Kier alpha value is -3.55. The minimum absolute atomic E-state index is 0.0890. The number of carboxylic acids is 1. The van der Waals surface area contributed by atoms with Gasteiger partial charge in [0.1, 0.15) is 18.2 Å². The van der Waals surface area contributed by atoms with Crippen molar-refractivity contribution in [2.75, 3.05) is 13.2 Å². The molecule has 0 radical (unpaired) electrons. The summed E-state index contributed by atoms with van der Waals surface area (Å²) in [5, 5.41) is 14.6. The number of hydrogen-bond acceptors (Lipinski definition) is 5. The molecule has 8 nitrogen and oxygen atoms in total. The fourth-order valence-corrected chi connectivity index (χ4v) is 4.19. The standard InChI is InChI=1S/C27H34N2O6/c1-27(2,3)35-25(32)28-16-10-4-5-15-23(24(30)31)29-26(33)34-17-22-20-13-8-6-11-18(20)19-12-7-9-14-21(19)22/h6-9,11-14,22-23H,4-5,10,15-17H2,1-3H3,(H,28,32)(H,29,33)(H,30,31). The highest BCUT2D eigenvalue weighted by molar-refractivity contribution is 5.81. The van der Waals surface area contributed by atoms with Gasteiger partial charge in [-0.1, -0.05) is 61.4 Å². The number of hydrogen-bond donors (Lipinski definition) is 3. The lowest BCUT2D eigenvalue weighted by Gasteiger charge is -2.19. The molecule has 0 heterocycles. The zero-order valence-electron chi connectivity index (χ0n) is 20.5. The maximum atomic E-state index is 12.4. The average molecular weight is 483 g/mol. The maximum Gasteiger partial charge on any atom is 0.407 e. The summed E-state index contributed by atoms with van der Waals surface area (Å²) in [7, 11) is 0. The van der Waals surface area contributed by atoms with Gasteiger partial charge in [0.2, 0.25) is 0 Å². The van der Waals surface area contributed by atoms with Crippen molar-refractivity contribution in [3.8, 4) is 11.1 Å². The number of aliphatic carboxylic acids is 1. The topological polar surface area (TPSA) is 114 Å². The van der Waals surface area contributed by atoms with E-state index in [0.29, 0.717) is 25.8 Å². The summed E-state index contributed by atoms with van der Waals surface area (Å²) in [5.74, 6) is -1.20. The molecule has 0 fully saturated rings. The summed E-state index contributed by atoms with van der Waals surface area (Å²) in [4.78, 5) is 35.7. The van der Waals surface area contributed by atoms with Crippen LogP contribution in [-0.4, -0.2) is 48.1 Å². The summed E-state index contributed by atoms with van der Waals surface area (Å²) in [6, 6.07) is 15.0. The first kappa shape index (κ1) is 26.1. The molecule has 188 valence electrons. The highest BCUT2D eigenvalue weighted by atomic mass is 16.6. The summed E-state index contributed by atoms with van der Waals surface area (Å²) >= 11 is 0. The number of carbonyl (C=O) groups is 3. The number of alkyl carbamates (subject to hydrolysis) is 2. The Bertz CT molecular complexity index is 1000. The molecule has 8 heteroatoms. The number of carboxylic acid groups (broad SMARTS) is 1. The summed E-state index contributed by atoms with van der Waals surface area (Å²) in [6.45, 7) is 5.95. The summed E-state index contributed by atoms with van der Waals surface area (Å²) < 4.78 is 10.6. The van der Waals surface area contributed by atoms with Crippen molar-refractivity contribution in [2.24, 2.45) is 0 Å². The smallest absolute Gasteiger partial charge is 0.407 e. The highest BCUT2D eigenvalue weighted by Crippen LogP contribution is 2.44. The van der Waals surface area contributed by atoms with Crippen LogP contribution in [0.2, 0.25) is 0 Å². The number of carbonyl (C=O) groups excluding carboxylic acids is 2. The minimum Gasteiger partial charge on any atom is -0.480 e. The Kier molecular flexibility index (Phi) is 8.73. The van der Waals surface area contributed by atoms with Crippen LogP contribution in [0.4, 0.5) is 9.59 Å². The van der Waals surface area contributed by atoms with E-state index in [0.717, 1.165) is 22.3 Å². The molecule has 2 aromatic carbocycles. The molecule has 3 N–H and O–H groups in total. The number of ether oxygens (including phenoxy) is 2. The minimum atomic E-state index is -1.11. The predicted octanol–water partition coefficient (Wildman–Crippen LogP) is 5.06. The van der Waals surface area contributed by atoms with Crippen molar-refractivity contribution in [1.82, 2.24) is 10.6 Å². The number of amides is 2. The van der Waals surface area contributed by atoms with Crippen molar-refractivity contribution in [1.29, 1.82) is 0 Å². The normalized spacial score (nSPS) is 13.3. The first-order chi connectivity index (χ1) is 16.7. The number of nitrogens with one attached hydrogen (secondary N) is 2. The molecule has 2 aromatic rings. The van der Waals surface area contributed by atoms with E-state index in [-0.39, 0.29) is 18.9 Å². The molecule has 0 spiro atoms. The van der Waals surface area contributed by atoms with Crippen LogP contribution in [0.5, 0.6) is 0 Å². The van der Waals surface area contributed by atoms with Crippen LogP contribution in [0.15, 0.2) is 48.5 Å². The van der Waals surface area contributed by atoms with E-state index in [2.05, 4.69) is 22.8 Å². The molecule has 1 aliphatic rings. The largest absolute Gasteiger partial charge is 0.480 e. The van der Waals surface area contributed by atoms with Crippen LogP contribution in [-0.2, 0) is 14.3 Å². The van der Waals surface area contributed by atoms with E-state index in [1.54, 1.807) is 20.8 Å². The van der Waals surface area contributed by atoms with E-state index in [1.165, 1.54) is 0 Å². The van der Waals surface area contributed by atoms with Gasteiger partial charge in [0, 0.05) is 12.5 Å². The number of unbranched alkanes of at least 4 members (excludes halogenated alkanes) is 2. The van der Waals surface area contributed by atoms with Gasteiger partial charge < -0.3 is 25.2 Å². The number of fused-ring (bicyclic) bond motifs is 3. The molecule has 2 amide bonds. The Labute approximate surface area is 206 Å². The van der Waals surface area contributed by atoms with Gasteiger partial charge in [0.05, 0.1) is 0 Å². The van der Waals surface area contributed by atoms with Crippen molar-refractivity contribution >= 4 is 18.2 Å². The number of benzene rings is 2. The molecule has 1 atom stereocenters. The van der Waals surface area contributed by atoms with E-state index >= 15 is 0 Å². The van der Waals surface area contributed by atoms with Crippen LogP contribution in [0.25, 0.3) is 11.1 Å². The second-order valence-electron chi connectivity index (χ2n) is 9.64. The second-order valence-corrected chi connectivity index (χ2v) is 9.64. The molecular weight excluding hydrogens is 448 g/mol. The van der Waals surface area contributed by atoms with Crippen LogP contribution in [0.3, 0.4) is 0 Å². The zero-order chi connectivity index (χ0) is 25.4. The third-order valence-electron chi connectivity index (χ3n) is 5.77. The molecule has 0 aliphatic heterocycles. The van der Waals surface area contributed by atoms with Crippen LogP contribution in [0, 0.1) is 0 Å². The van der Waals surface area contributed by atoms with Crippen LogP contribution in [0.1, 0.15) is 63.5 Å². The van der Waals surface area contributed by atoms with E-state index in [9.17, 15) is 19.5 Å². The Balaban J connectivity index is 1.42. The zero-order valence-corrected chi connectivity index (χ0v) is 20.5. The van der Waals surface area contributed by atoms with Gasteiger partial charge in [-0.2, -0.15) is 0 Å². The Morgan fingerprint density at radius 2 is 1.51 bits per heavy atom. The molecule has 0 aromatic heterocycles. The van der Waals surface area contributed by atoms with Gasteiger partial charge in [-0.15, -0.1) is 0 Å². The lowest BCUT2D eigenvalue weighted by atomic mass is 9.98. The van der Waals surface area contributed by atoms with Gasteiger partial charge in [0.25, 0.3) is 0 Å². The van der Waals surface area contributed by atoms with E-state index in [1.807, 2.05) is 36.4 Å². The first-order valence-electron chi connectivity index (χ1n) is 12.0. The quantitative estimate of drug-likeness (QED) is 0.408. The fourth-order valence-electron chi connectivity index (χ4n) is 4.19. The van der Waals surface area contributed by atoms with Crippen molar-refractivity contribution in [3.05, 3.63) is 59.7 Å². The van der Waals surface area contributed by atoms with Crippen LogP contribution < -0.4 is 10.6 Å². The third kappa shape index (κ3) is 7.47. The first-order valence-corrected chi connectivity index (χ1v) is 12.0. The van der Waals surface area contributed by atoms with Gasteiger partial charge in [-0.25, -0.2) is 14.4 Å². The Morgan fingerprint density at radius 1 is 0.914 bits per heavy atom. The molecule has 0 saturated heterocycles. The van der Waals surface area contributed by atoms with E-state index < -0.39 is 29.8 Å². The molecule has 35 heavy (non-hydrogen) atoms. The van der Waals surface area contributed by atoms with Crippen molar-refractivity contribution in [3.63, 3.8) is 0 Å². The lowest BCUT2D eigenvalue weighted by molar-refractivity contribution is -0.139. The van der Waals surface area contributed by atoms with Crippen molar-refractivity contribution < 1.29 is 29.0 Å². The molecule has 0 saturated carbocycles. The van der Waals surface area contributed by atoms with Crippen molar-refractivity contribution in [2.45, 2.75) is 64.0 Å². The summed E-state index contributed by atoms with van der Waals surface area (Å²) in [5.41, 5.74) is 3.89. The van der Waals surface area contributed by atoms with E-state index in [4.69, 9.17) is 9.47 Å². The monoisotopic (exact) mass is 482 g/mol. The Morgan fingerprint density at radius 3 is 2.09 bits per heavy atom. The number of rotatable bonds is 10. The van der Waals surface area contributed by atoms with Gasteiger partial charge in [-0.05, 0) is 55.9 Å². The third-order valence-corrected chi connectivity index (χ3v) is 5.77. The molecule has 1 aliphatic carbocycles. The average Bonchev–Trinajstić information content (AvgIpc) is 3.11. The molecular formula is C27H34N2O6. The SMILES string of the molecule is CC(C)(C)OC(=O)NCCCCCC(NC(=O)OCC1c2ccccc2-c2ccccc21)C(=O)O. The molecule has 1 unspecified atom stereocenters. The van der Waals surface area contributed by atoms with Crippen LogP contribution >= 0.6 is 0 Å². The lowest BCUT2D eigenvalue weighted by Crippen LogP contribution is -2.41. The summed E-state index contributed by atoms with van der Waals surface area (Å²) in [6.07, 6.45) is 1.01. The van der Waals surface area contributed by atoms with Gasteiger partial charge in [0.15, 0.2) is 0 Å². The van der Waals surface area contributed by atoms with Gasteiger partial charge in [-0.3, -0.25) is 0 Å². The maximum absolute atomic E-state index is 12.4. The molecule has 3 rings (SSSR count). The highest BCUT2D eigenvalue weighted by Gasteiger charge is 2.29. The van der Waals surface area contributed by atoms with Gasteiger partial charge >= 0.3 is 18.2 Å².